The van der Waals surface area contributed by atoms with Crippen LogP contribution in [0, 0.1) is 17.5 Å². The standard InChI is InChI=1S/C20H13F3N2O2/c21-14-7-8-16(20(23)19(14)22)25-18(26)10-27-11-5-6-13-12-3-1-2-4-15(12)24-17(13)9-11/h1-9,24H,10H2,(H,25,26). The molecule has 0 aliphatic rings. The lowest BCUT2D eigenvalue weighted by atomic mass is 10.1. The topological polar surface area (TPSA) is 54.1 Å². The lowest BCUT2D eigenvalue weighted by Gasteiger charge is -2.09. The van der Waals surface area contributed by atoms with Gasteiger partial charge in [-0.25, -0.2) is 13.2 Å². The highest BCUT2D eigenvalue weighted by Crippen LogP contribution is 2.28. The average Bonchev–Trinajstić information content (AvgIpc) is 3.04. The summed E-state index contributed by atoms with van der Waals surface area (Å²) in [5.41, 5.74) is 1.38. The second kappa shape index (κ2) is 6.68. The van der Waals surface area contributed by atoms with Crippen molar-refractivity contribution >= 4 is 33.4 Å². The van der Waals surface area contributed by atoms with Gasteiger partial charge in [-0.05, 0) is 30.3 Å². The van der Waals surface area contributed by atoms with Crippen LogP contribution in [0.5, 0.6) is 5.75 Å². The maximum atomic E-state index is 13.6. The molecule has 1 amide bonds. The van der Waals surface area contributed by atoms with Gasteiger partial charge in [-0.1, -0.05) is 18.2 Å². The molecule has 4 nitrogen and oxygen atoms in total. The number of halogens is 3. The number of aromatic amines is 1. The van der Waals surface area contributed by atoms with Crippen molar-refractivity contribution < 1.29 is 22.7 Å². The average molecular weight is 370 g/mol. The van der Waals surface area contributed by atoms with Crippen LogP contribution in [-0.2, 0) is 4.79 Å². The van der Waals surface area contributed by atoms with Gasteiger partial charge < -0.3 is 15.0 Å². The molecule has 27 heavy (non-hydrogen) atoms. The number of hydrogen-bond donors (Lipinski definition) is 2. The predicted octanol–water partition coefficient (Wildman–Crippen LogP) is 4.76. The summed E-state index contributed by atoms with van der Waals surface area (Å²) >= 11 is 0. The van der Waals surface area contributed by atoms with Crippen molar-refractivity contribution in [3.63, 3.8) is 0 Å². The number of anilines is 1. The van der Waals surface area contributed by atoms with Crippen molar-refractivity contribution in [2.24, 2.45) is 0 Å². The smallest absolute Gasteiger partial charge is 0.262 e. The van der Waals surface area contributed by atoms with E-state index in [1.54, 1.807) is 12.1 Å². The second-order valence-corrected chi connectivity index (χ2v) is 5.94. The van der Waals surface area contributed by atoms with Crippen LogP contribution in [0.4, 0.5) is 18.9 Å². The molecule has 3 aromatic carbocycles. The van der Waals surface area contributed by atoms with Crippen LogP contribution in [0.25, 0.3) is 21.8 Å². The number of ether oxygens (including phenoxy) is 1. The minimum absolute atomic E-state index is 0.413. The number of rotatable bonds is 4. The zero-order chi connectivity index (χ0) is 19.0. The van der Waals surface area contributed by atoms with Gasteiger partial charge in [0.1, 0.15) is 5.75 Å². The van der Waals surface area contributed by atoms with Crippen molar-refractivity contribution in [2.45, 2.75) is 0 Å². The highest BCUT2D eigenvalue weighted by Gasteiger charge is 2.15. The molecule has 2 N–H and O–H groups in total. The third-order valence-electron chi connectivity index (χ3n) is 4.16. The van der Waals surface area contributed by atoms with Crippen LogP contribution < -0.4 is 10.1 Å². The number of benzene rings is 3. The van der Waals surface area contributed by atoms with Gasteiger partial charge >= 0.3 is 0 Å². The van der Waals surface area contributed by atoms with E-state index in [2.05, 4.69) is 10.3 Å². The quantitative estimate of drug-likeness (QED) is 0.509. The third-order valence-corrected chi connectivity index (χ3v) is 4.16. The third kappa shape index (κ3) is 3.19. The van der Waals surface area contributed by atoms with Gasteiger partial charge in [-0.15, -0.1) is 0 Å². The number of aromatic nitrogens is 1. The summed E-state index contributed by atoms with van der Waals surface area (Å²) in [6.45, 7) is -0.413. The highest BCUT2D eigenvalue weighted by atomic mass is 19.2. The first-order valence-electron chi connectivity index (χ1n) is 8.09. The number of H-pyrrole nitrogens is 1. The largest absolute Gasteiger partial charge is 0.484 e. The molecule has 4 rings (SSSR count). The summed E-state index contributed by atoms with van der Waals surface area (Å²) in [7, 11) is 0. The van der Waals surface area contributed by atoms with Crippen molar-refractivity contribution in [1.82, 2.24) is 4.98 Å². The molecule has 7 heteroatoms. The van der Waals surface area contributed by atoms with E-state index in [-0.39, 0.29) is 0 Å². The summed E-state index contributed by atoms with van der Waals surface area (Å²) in [5, 5.41) is 4.25. The summed E-state index contributed by atoms with van der Waals surface area (Å²) in [6, 6.07) is 14.9. The van der Waals surface area contributed by atoms with E-state index in [9.17, 15) is 18.0 Å². The monoisotopic (exact) mass is 370 g/mol. The van der Waals surface area contributed by atoms with E-state index in [0.717, 1.165) is 33.9 Å². The van der Waals surface area contributed by atoms with Crippen molar-refractivity contribution in [2.75, 3.05) is 11.9 Å². The summed E-state index contributed by atoms with van der Waals surface area (Å²) in [4.78, 5) is 15.2. The predicted molar refractivity (Wildman–Crippen MR) is 96.2 cm³/mol. The first kappa shape index (κ1) is 17.0. The maximum Gasteiger partial charge on any atom is 0.262 e. The molecule has 0 saturated heterocycles. The normalized spacial score (nSPS) is 11.1. The van der Waals surface area contributed by atoms with Gasteiger partial charge in [0.15, 0.2) is 24.1 Å². The van der Waals surface area contributed by atoms with Crippen LogP contribution in [0.15, 0.2) is 54.6 Å². The molecule has 1 aromatic heterocycles. The number of amides is 1. The Balaban J connectivity index is 1.47. The van der Waals surface area contributed by atoms with E-state index < -0.39 is 35.7 Å². The minimum atomic E-state index is -1.64. The molecule has 1 heterocycles. The number of para-hydroxylation sites is 1. The Morgan fingerprint density at radius 2 is 1.70 bits per heavy atom. The summed E-state index contributed by atoms with van der Waals surface area (Å²) in [6.07, 6.45) is 0. The Bertz CT molecular complexity index is 1170. The zero-order valence-corrected chi connectivity index (χ0v) is 13.9. The Morgan fingerprint density at radius 1 is 0.926 bits per heavy atom. The van der Waals surface area contributed by atoms with Gasteiger partial charge in [-0.3, -0.25) is 4.79 Å². The van der Waals surface area contributed by atoms with E-state index in [1.165, 1.54) is 0 Å². The molecule has 0 atom stereocenters. The van der Waals surface area contributed by atoms with Crippen LogP contribution in [0.2, 0.25) is 0 Å². The first-order chi connectivity index (χ1) is 13.0. The van der Waals surface area contributed by atoms with Crippen molar-refractivity contribution in [1.29, 1.82) is 0 Å². The number of carbonyl (C=O) groups is 1. The fraction of sp³-hybridized carbons (Fsp3) is 0.0500. The van der Waals surface area contributed by atoms with Crippen LogP contribution in [-0.4, -0.2) is 17.5 Å². The number of carbonyl (C=O) groups excluding carboxylic acids is 1. The molecule has 0 fully saturated rings. The summed E-state index contributed by atoms with van der Waals surface area (Å²) in [5.74, 6) is -4.68. The summed E-state index contributed by atoms with van der Waals surface area (Å²) < 4.78 is 45.1. The molecule has 136 valence electrons. The van der Waals surface area contributed by atoms with Gasteiger partial charge in [0, 0.05) is 22.4 Å². The highest BCUT2D eigenvalue weighted by molar-refractivity contribution is 6.07. The molecule has 0 aliphatic carbocycles. The molecule has 4 aromatic rings. The van der Waals surface area contributed by atoms with E-state index >= 15 is 0 Å². The Hall–Kier alpha value is -3.48. The molecule has 0 spiro atoms. The fourth-order valence-corrected chi connectivity index (χ4v) is 2.88. The first-order valence-corrected chi connectivity index (χ1v) is 8.09. The number of fused-ring (bicyclic) bond motifs is 3. The SMILES string of the molecule is O=C(COc1ccc2c(c1)[nH]c1ccccc12)Nc1ccc(F)c(F)c1F. The van der Waals surface area contributed by atoms with Gasteiger partial charge in [0.2, 0.25) is 0 Å². The molecule has 0 unspecified atom stereocenters. The number of hydrogen-bond acceptors (Lipinski definition) is 2. The Morgan fingerprint density at radius 3 is 2.56 bits per heavy atom. The van der Waals surface area contributed by atoms with E-state index in [4.69, 9.17) is 4.74 Å². The van der Waals surface area contributed by atoms with Crippen LogP contribution >= 0.6 is 0 Å². The Labute approximate surface area is 151 Å². The Kier molecular flexibility index (Phi) is 4.19. The van der Waals surface area contributed by atoms with Gasteiger partial charge in [0.25, 0.3) is 5.91 Å². The van der Waals surface area contributed by atoms with Crippen molar-refractivity contribution in [3.05, 3.63) is 72.0 Å². The molecule has 0 aliphatic heterocycles. The van der Waals surface area contributed by atoms with Crippen LogP contribution in [0.1, 0.15) is 0 Å². The fourth-order valence-electron chi connectivity index (χ4n) is 2.88. The molecular formula is C20H13F3N2O2. The minimum Gasteiger partial charge on any atom is -0.484 e. The van der Waals surface area contributed by atoms with E-state index in [0.29, 0.717) is 5.75 Å². The lowest BCUT2D eigenvalue weighted by Crippen LogP contribution is -2.21. The molecular weight excluding hydrogens is 357 g/mol. The second-order valence-electron chi connectivity index (χ2n) is 5.94. The molecule has 0 bridgehead atoms. The molecule has 0 saturated carbocycles. The van der Waals surface area contributed by atoms with Crippen LogP contribution in [0.3, 0.4) is 0 Å². The lowest BCUT2D eigenvalue weighted by molar-refractivity contribution is -0.118. The van der Waals surface area contributed by atoms with Crippen molar-refractivity contribution in [3.8, 4) is 5.75 Å². The van der Waals surface area contributed by atoms with E-state index in [1.807, 2.05) is 30.3 Å². The zero-order valence-electron chi connectivity index (χ0n) is 13.9. The van der Waals surface area contributed by atoms with Gasteiger partial charge in [-0.2, -0.15) is 0 Å². The van der Waals surface area contributed by atoms with Gasteiger partial charge in [0.05, 0.1) is 11.2 Å². The number of nitrogens with one attached hydrogen (secondary N) is 2. The maximum absolute atomic E-state index is 13.6. The molecule has 0 radical (unpaired) electrons.